The summed E-state index contributed by atoms with van der Waals surface area (Å²) < 4.78 is 14.7. The summed E-state index contributed by atoms with van der Waals surface area (Å²) in [6.45, 7) is 1.96. The Labute approximate surface area is 146 Å². The molecule has 24 heavy (non-hydrogen) atoms. The number of halogens is 2. The van der Waals surface area contributed by atoms with Crippen LogP contribution in [0.25, 0.3) is 10.9 Å². The van der Waals surface area contributed by atoms with E-state index in [9.17, 15) is 9.18 Å². The van der Waals surface area contributed by atoms with Crippen LogP contribution in [0.15, 0.2) is 47.2 Å². The third kappa shape index (κ3) is 3.51. The largest absolute Gasteiger partial charge is 0.360 e. The minimum absolute atomic E-state index is 0.0116. The molecule has 3 aromatic rings. The zero-order valence-electron chi connectivity index (χ0n) is 12.8. The zero-order valence-corrected chi connectivity index (χ0v) is 14.4. The Kier molecular flexibility index (Phi) is 4.71. The first-order chi connectivity index (χ1) is 11.5. The Morgan fingerprint density at radius 2 is 2.08 bits per heavy atom. The maximum absolute atomic E-state index is 13.7. The number of fused-ring (bicyclic) bond motifs is 1. The van der Waals surface area contributed by atoms with Gasteiger partial charge in [-0.05, 0) is 42.8 Å². The van der Waals surface area contributed by atoms with E-state index in [-0.39, 0.29) is 18.0 Å². The van der Waals surface area contributed by atoms with Gasteiger partial charge in [0.25, 0.3) is 0 Å². The normalized spacial score (nSPS) is 10.6. The van der Waals surface area contributed by atoms with E-state index in [4.69, 9.17) is 0 Å². The van der Waals surface area contributed by atoms with Crippen LogP contribution in [0.3, 0.4) is 0 Å². The number of carbonyl (C=O) groups excluding carboxylic acids is 1. The number of nitrogens with zero attached hydrogens (tertiary/aromatic N) is 2. The van der Waals surface area contributed by atoms with Crippen molar-refractivity contribution in [2.45, 2.75) is 6.92 Å². The van der Waals surface area contributed by atoms with Crippen LogP contribution in [-0.2, 0) is 4.79 Å². The fourth-order valence-corrected chi connectivity index (χ4v) is 2.53. The molecule has 5 nitrogen and oxygen atoms in total. The van der Waals surface area contributed by atoms with Crippen LogP contribution in [0.4, 0.5) is 15.9 Å². The van der Waals surface area contributed by atoms with E-state index in [0.29, 0.717) is 16.9 Å². The highest BCUT2D eigenvalue weighted by Crippen LogP contribution is 2.22. The Morgan fingerprint density at radius 1 is 1.25 bits per heavy atom. The molecule has 0 aliphatic heterocycles. The molecule has 0 radical (unpaired) electrons. The summed E-state index contributed by atoms with van der Waals surface area (Å²) in [7, 11) is 0. The molecule has 1 heterocycles. The van der Waals surface area contributed by atoms with Crippen LogP contribution in [-0.4, -0.2) is 22.4 Å². The summed E-state index contributed by atoms with van der Waals surface area (Å²) in [5.74, 6) is -0.228. The van der Waals surface area contributed by atoms with Crippen molar-refractivity contribution in [1.29, 1.82) is 0 Å². The second-order valence-corrected chi connectivity index (χ2v) is 6.08. The first-order valence-electron chi connectivity index (χ1n) is 7.23. The SMILES string of the molecule is Cc1cc(NC(=O)CNc2ncnc3c(F)cccc23)ccc1Br. The van der Waals surface area contributed by atoms with E-state index in [2.05, 4.69) is 36.5 Å². The highest BCUT2D eigenvalue weighted by molar-refractivity contribution is 9.10. The summed E-state index contributed by atoms with van der Waals surface area (Å²) in [5.41, 5.74) is 1.96. The van der Waals surface area contributed by atoms with Gasteiger partial charge >= 0.3 is 0 Å². The van der Waals surface area contributed by atoms with Gasteiger partial charge in [0.15, 0.2) is 0 Å². The molecule has 0 atom stereocenters. The Balaban J connectivity index is 1.70. The lowest BCUT2D eigenvalue weighted by atomic mass is 10.2. The molecule has 122 valence electrons. The van der Waals surface area contributed by atoms with Crippen LogP contribution < -0.4 is 10.6 Å². The number of rotatable bonds is 4. The maximum Gasteiger partial charge on any atom is 0.243 e. The first-order valence-corrected chi connectivity index (χ1v) is 8.03. The Bertz CT molecular complexity index is 916. The van der Waals surface area contributed by atoms with Crippen molar-refractivity contribution < 1.29 is 9.18 Å². The van der Waals surface area contributed by atoms with Gasteiger partial charge in [-0.15, -0.1) is 0 Å². The van der Waals surface area contributed by atoms with Crippen LogP contribution in [0.2, 0.25) is 0 Å². The number of hydrogen-bond donors (Lipinski definition) is 2. The van der Waals surface area contributed by atoms with Gasteiger partial charge in [0, 0.05) is 15.5 Å². The third-order valence-corrected chi connectivity index (χ3v) is 4.36. The molecule has 2 N–H and O–H groups in total. The second-order valence-electron chi connectivity index (χ2n) is 5.22. The number of aromatic nitrogens is 2. The van der Waals surface area contributed by atoms with Gasteiger partial charge in [-0.2, -0.15) is 0 Å². The highest BCUT2D eigenvalue weighted by Gasteiger charge is 2.09. The number of hydrogen-bond acceptors (Lipinski definition) is 4. The summed E-state index contributed by atoms with van der Waals surface area (Å²) in [5, 5.41) is 6.25. The molecule has 0 aliphatic rings. The Hall–Kier alpha value is -2.54. The van der Waals surface area contributed by atoms with Gasteiger partial charge in [0.2, 0.25) is 5.91 Å². The number of anilines is 2. The molecule has 0 spiro atoms. The van der Waals surface area contributed by atoms with Gasteiger partial charge in [-0.1, -0.05) is 22.0 Å². The molecule has 0 aliphatic carbocycles. The van der Waals surface area contributed by atoms with E-state index in [1.54, 1.807) is 12.1 Å². The zero-order chi connectivity index (χ0) is 17.1. The molecule has 1 amide bonds. The molecule has 7 heteroatoms. The smallest absolute Gasteiger partial charge is 0.243 e. The van der Waals surface area contributed by atoms with Gasteiger partial charge in [0.05, 0.1) is 6.54 Å². The van der Waals surface area contributed by atoms with Crippen LogP contribution >= 0.6 is 15.9 Å². The average Bonchev–Trinajstić information content (AvgIpc) is 2.57. The molecule has 2 aromatic carbocycles. The van der Waals surface area contributed by atoms with Crippen molar-refractivity contribution >= 4 is 44.2 Å². The van der Waals surface area contributed by atoms with Gasteiger partial charge in [0.1, 0.15) is 23.5 Å². The first kappa shape index (κ1) is 16.3. The number of para-hydroxylation sites is 1. The number of aryl methyl sites for hydroxylation is 1. The topological polar surface area (TPSA) is 66.9 Å². The van der Waals surface area contributed by atoms with E-state index >= 15 is 0 Å². The Morgan fingerprint density at radius 3 is 2.88 bits per heavy atom. The maximum atomic E-state index is 13.7. The van der Waals surface area contributed by atoms with Crippen molar-refractivity contribution in [3.05, 3.63) is 58.6 Å². The lowest BCUT2D eigenvalue weighted by molar-refractivity contribution is -0.114. The molecule has 0 bridgehead atoms. The van der Waals surface area contributed by atoms with Crippen LogP contribution in [0.5, 0.6) is 0 Å². The van der Waals surface area contributed by atoms with Crippen molar-refractivity contribution in [2.75, 3.05) is 17.2 Å². The van der Waals surface area contributed by atoms with Crippen molar-refractivity contribution in [3.63, 3.8) is 0 Å². The average molecular weight is 389 g/mol. The second kappa shape index (κ2) is 6.92. The van der Waals surface area contributed by atoms with Gasteiger partial charge < -0.3 is 10.6 Å². The van der Waals surface area contributed by atoms with Crippen molar-refractivity contribution in [2.24, 2.45) is 0 Å². The van der Waals surface area contributed by atoms with Gasteiger partial charge in [-0.3, -0.25) is 4.79 Å². The summed E-state index contributed by atoms with van der Waals surface area (Å²) in [4.78, 5) is 20.1. The third-order valence-electron chi connectivity index (χ3n) is 3.47. The van der Waals surface area contributed by atoms with E-state index in [1.807, 2.05) is 25.1 Å². The molecule has 0 fully saturated rings. The lowest BCUT2D eigenvalue weighted by Gasteiger charge is -2.10. The molecule has 0 saturated heterocycles. The quantitative estimate of drug-likeness (QED) is 0.711. The fraction of sp³-hybridized carbons (Fsp3) is 0.118. The predicted octanol–water partition coefficient (Wildman–Crippen LogP) is 3.89. The minimum atomic E-state index is -0.423. The van der Waals surface area contributed by atoms with Crippen molar-refractivity contribution in [3.8, 4) is 0 Å². The predicted molar refractivity (Wildman–Crippen MR) is 95.5 cm³/mol. The molecule has 0 saturated carbocycles. The van der Waals surface area contributed by atoms with Crippen LogP contribution in [0.1, 0.15) is 5.56 Å². The molecule has 1 aromatic heterocycles. The molecule has 0 unspecified atom stereocenters. The molecular weight excluding hydrogens is 375 g/mol. The van der Waals surface area contributed by atoms with Crippen molar-refractivity contribution in [1.82, 2.24) is 9.97 Å². The fourth-order valence-electron chi connectivity index (χ4n) is 2.28. The summed E-state index contributed by atoms with van der Waals surface area (Å²) in [6.07, 6.45) is 1.27. The molecule has 3 rings (SSSR count). The number of amides is 1. The monoisotopic (exact) mass is 388 g/mol. The number of benzene rings is 2. The van der Waals surface area contributed by atoms with E-state index < -0.39 is 5.82 Å². The van der Waals surface area contributed by atoms with E-state index in [0.717, 1.165) is 10.0 Å². The van der Waals surface area contributed by atoms with Crippen LogP contribution in [0, 0.1) is 12.7 Å². The lowest BCUT2D eigenvalue weighted by Crippen LogP contribution is -2.22. The summed E-state index contributed by atoms with van der Waals surface area (Å²) >= 11 is 3.42. The van der Waals surface area contributed by atoms with Gasteiger partial charge in [-0.25, -0.2) is 14.4 Å². The minimum Gasteiger partial charge on any atom is -0.360 e. The highest BCUT2D eigenvalue weighted by atomic mass is 79.9. The number of nitrogens with one attached hydrogen (secondary N) is 2. The number of carbonyl (C=O) groups is 1. The molecular formula is C17H14BrFN4O. The standard InChI is InChI=1S/C17H14BrFN4O/c1-10-7-11(5-6-13(10)18)23-15(24)8-20-17-12-3-2-4-14(19)16(12)21-9-22-17/h2-7,9H,8H2,1H3,(H,23,24)(H,20,21,22). The summed E-state index contributed by atoms with van der Waals surface area (Å²) in [6, 6.07) is 10.2. The van der Waals surface area contributed by atoms with E-state index in [1.165, 1.54) is 12.4 Å².